The van der Waals surface area contributed by atoms with Crippen molar-refractivity contribution in [2.75, 3.05) is 6.54 Å². The van der Waals surface area contributed by atoms with Crippen molar-refractivity contribution in [3.8, 4) is 0 Å². The van der Waals surface area contributed by atoms with Crippen molar-refractivity contribution < 1.29 is 5.11 Å². The van der Waals surface area contributed by atoms with E-state index in [0.29, 0.717) is 11.5 Å². The average molecular weight is 197 g/mol. The van der Waals surface area contributed by atoms with Gasteiger partial charge in [0.1, 0.15) is 0 Å². The molecule has 2 N–H and O–H groups in total. The van der Waals surface area contributed by atoms with Crippen molar-refractivity contribution in [2.45, 2.75) is 64.0 Å². The monoisotopic (exact) mass is 197 g/mol. The summed E-state index contributed by atoms with van der Waals surface area (Å²) in [5.41, 5.74) is 0.0682. The zero-order valence-corrected chi connectivity index (χ0v) is 9.47. The van der Waals surface area contributed by atoms with Gasteiger partial charge in [-0.2, -0.15) is 0 Å². The maximum atomic E-state index is 10.1. The Kier molecular flexibility index (Phi) is 2.61. The van der Waals surface area contributed by atoms with Crippen molar-refractivity contribution in [3.05, 3.63) is 0 Å². The van der Waals surface area contributed by atoms with Gasteiger partial charge in [-0.1, -0.05) is 13.3 Å². The summed E-state index contributed by atoms with van der Waals surface area (Å²) in [6.45, 7) is 5.42. The van der Waals surface area contributed by atoms with Crippen LogP contribution in [-0.2, 0) is 0 Å². The van der Waals surface area contributed by atoms with Crippen LogP contribution in [0.2, 0.25) is 0 Å². The Morgan fingerprint density at radius 3 is 2.36 bits per heavy atom. The van der Waals surface area contributed by atoms with E-state index < -0.39 is 5.60 Å². The summed E-state index contributed by atoms with van der Waals surface area (Å²) < 4.78 is 0. The SMILES string of the molecule is CC1(CNC2CCCC2(C)O)CCC1. The Morgan fingerprint density at radius 1 is 1.21 bits per heavy atom. The largest absolute Gasteiger partial charge is 0.389 e. The predicted molar refractivity (Wildman–Crippen MR) is 58.2 cm³/mol. The first-order valence-electron chi connectivity index (χ1n) is 5.98. The van der Waals surface area contributed by atoms with Gasteiger partial charge >= 0.3 is 0 Å². The van der Waals surface area contributed by atoms with Gasteiger partial charge in [0.25, 0.3) is 0 Å². The van der Waals surface area contributed by atoms with E-state index in [1.165, 1.54) is 25.7 Å². The minimum absolute atomic E-state index is 0.333. The van der Waals surface area contributed by atoms with Crippen LogP contribution in [0.3, 0.4) is 0 Å². The molecule has 14 heavy (non-hydrogen) atoms. The van der Waals surface area contributed by atoms with Gasteiger partial charge in [0.15, 0.2) is 0 Å². The molecule has 0 amide bonds. The molecule has 0 bridgehead atoms. The topological polar surface area (TPSA) is 32.3 Å². The van der Waals surface area contributed by atoms with E-state index in [1.807, 2.05) is 6.92 Å². The minimum Gasteiger partial charge on any atom is -0.389 e. The van der Waals surface area contributed by atoms with Crippen LogP contribution in [0.25, 0.3) is 0 Å². The quantitative estimate of drug-likeness (QED) is 0.726. The standard InChI is InChI=1S/C12H23NO/c1-11(6-4-7-11)9-13-10-5-3-8-12(10,2)14/h10,13-14H,3-9H2,1-2H3. The third kappa shape index (κ3) is 1.96. The first-order chi connectivity index (χ1) is 6.52. The summed E-state index contributed by atoms with van der Waals surface area (Å²) in [6, 6.07) is 0.333. The molecule has 0 saturated heterocycles. The van der Waals surface area contributed by atoms with E-state index in [4.69, 9.17) is 0 Å². The van der Waals surface area contributed by atoms with Gasteiger partial charge in [-0.15, -0.1) is 0 Å². The van der Waals surface area contributed by atoms with Gasteiger partial charge < -0.3 is 10.4 Å². The van der Waals surface area contributed by atoms with Crippen molar-refractivity contribution in [2.24, 2.45) is 5.41 Å². The Morgan fingerprint density at radius 2 is 1.93 bits per heavy atom. The first-order valence-corrected chi connectivity index (χ1v) is 5.98. The average Bonchev–Trinajstić information content (AvgIpc) is 2.38. The second-order valence-corrected chi connectivity index (χ2v) is 5.85. The van der Waals surface area contributed by atoms with Crippen LogP contribution in [0, 0.1) is 5.41 Å². The number of hydrogen-bond acceptors (Lipinski definition) is 2. The number of aliphatic hydroxyl groups is 1. The molecule has 2 rings (SSSR count). The van der Waals surface area contributed by atoms with Gasteiger partial charge in [-0.05, 0) is 44.4 Å². The van der Waals surface area contributed by atoms with E-state index >= 15 is 0 Å². The van der Waals surface area contributed by atoms with Crippen molar-refractivity contribution in [1.82, 2.24) is 5.32 Å². The molecule has 2 aliphatic rings. The Labute approximate surface area is 87.1 Å². The Balaban J connectivity index is 1.80. The lowest BCUT2D eigenvalue weighted by molar-refractivity contribution is 0.0306. The molecule has 0 aromatic carbocycles. The molecule has 2 atom stereocenters. The predicted octanol–water partition coefficient (Wildman–Crippen LogP) is 2.07. The van der Waals surface area contributed by atoms with Crippen LogP contribution in [0.4, 0.5) is 0 Å². The molecule has 2 saturated carbocycles. The molecule has 2 fully saturated rings. The maximum Gasteiger partial charge on any atom is 0.0772 e. The summed E-state index contributed by atoms with van der Waals surface area (Å²) in [4.78, 5) is 0. The van der Waals surface area contributed by atoms with Crippen molar-refractivity contribution in [3.63, 3.8) is 0 Å². The van der Waals surface area contributed by atoms with Crippen LogP contribution in [0.15, 0.2) is 0 Å². The zero-order valence-electron chi connectivity index (χ0n) is 9.47. The molecular weight excluding hydrogens is 174 g/mol. The molecular formula is C12H23NO. The molecule has 0 radical (unpaired) electrons. The molecule has 0 aliphatic heterocycles. The zero-order chi connectivity index (χ0) is 10.2. The third-order valence-electron chi connectivity index (χ3n) is 4.26. The fourth-order valence-corrected chi connectivity index (χ4v) is 2.80. The molecule has 0 spiro atoms. The maximum absolute atomic E-state index is 10.1. The molecule has 0 heterocycles. The highest BCUT2D eigenvalue weighted by atomic mass is 16.3. The second-order valence-electron chi connectivity index (χ2n) is 5.85. The van der Waals surface area contributed by atoms with Gasteiger partial charge in [-0.25, -0.2) is 0 Å². The molecule has 82 valence electrons. The lowest BCUT2D eigenvalue weighted by Crippen LogP contribution is -2.49. The Bertz CT molecular complexity index is 208. The highest BCUT2D eigenvalue weighted by Crippen LogP contribution is 2.40. The summed E-state index contributed by atoms with van der Waals surface area (Å²) >= 11 is 0. The first kappa shape index (κ1) is 10.4. The minimum atomic E-state index is -0.458. The van der Waals surface area contributed by atoms with Crippen molar-refractivity contribution in [1.29, 1.82) is 0 Å². The van der Waals surface area contributed by atoms with Crippen LogP contribution in [0.1, 0.15) is 52.4 Å². The smallest absolute Gasteiger partial charge is 0.0772 e. The van der Waals surface area contributed by atoms with Crippen LogP contribution >= 0.6 is 0 Å². The highest BCUT2D eigenvalue weighted by Gasteiger charge is 2.39. The highest BCUT2D eigenvalue weighted by molar-refractivity contribution is 4.96. The molecule has 2 aliphatic carbocycles. The fourth-order valence-electron chi connectivity index (χ4n) is 2.80. The normalized spacial score (nSPS) is 40.9. The lowest BCUT2D eigenvalue weighted by Gasteiger charge is -2.40. The number of hydrogen-bond donors (Lipinski definition) is 2. The van der Waals surface area contributed by atoms with Crippen LogP contribution in [-0.4, -0.2) is 23.3 Å². The second kappa shape index (κ2) is 3.49. The third-order valence-corrected chi connectivity index (χ3v) is 4.26. The summed E-state index contributed by atoms with van der Waals surface area (Å²) in [6.07, 6.45) is 7.37. The molecule has 2 nitrogen and oxygen atoms in total. The van der Waals surface area contributed by atoms with E-state index in [2.05, 4.69) is 12.2 Å². The summed E-state index contributed by atoms with van der Waals surface area (Å²) in [5.74, 6) is 0. The number of rotatable bonds is 3. The van der Waals surface area contributed by atoms with Gasteiger partial charge in [-0.3, -0.25) is 0 Å². The van der Waals surface area contributed by atoms with Gasteiger partial charge in [0, 0.05) is 12.6 Å². The molecule has 0 aromatic heterocycles. The van der Waals surface area contributed by atoms with Crippen LogP contribution < -0.4 is 5.32 Å². The van der Waals surface area contributed by atoms with Crippen molar-refractivity contribution >= 4 is 0 Å². The molecule has 0 aromatic rings. The summed E-state index contributed by atoms with van der Waals surface area (Å²) in [5, 5.41) is 13.6. The van der Waals surface area contributed by atoms with Gasteiger partial charge in [0.05, 0.1) is 5.60 Å². The fraction of sp³-hybridized carbons (Fsp3) is 1.00. The number of nitrogens with one attached hydrogen (secondary N) is 1. The molecule has 2 unspecified atom stereocenters. The van der Waals surface area contributed by atoms with Crippen LogP contribution in [0.5, 0.6) is 0 Å². The van der Waals surface area contributed by atoms with E-state index in [1.54, 1.807) is 0 Å². The van der Waals surface area contributed by atoms with E-state index in [-0.39, 0.29) is 0 Å². The Hall–Kier alpha value is -0.0800. The summed E-state index contributed by atoms with van der Waals surface area (Å²) in [7, 11) is 0. The molecule has 2 heteroatoms. The van der Waals surface area contributed by atoms with Gasteiger partial charge in [0.2, 0.25) is 0 Å². The van der Waals surface area contributed by atoms with E-state index in [9.17, 15) is 5.11 Å². The lowest BCUT2D eigenvalue weighted by atomic mass is 9.70. The van der Waals surface area contributed by atoms with E-state index in [0.717, 1.165) is 19.4 Å².